The van der Waals surface area contributed by atoms with Gasteiger partial charge in [-0.15, -0.1) is 32.9 Å². The van der Waals surface area contributed by atoms with Crippen LogP contribution in [-0.4, -0.2) is 0 Å². The molecule has 0 nitrogen and oxygen atoms in total. The molecule has 0 heteroatoms. The zero-order valence-corrected chi connectivity index (χ0v) is 68.7. The molecule has 5 unspecified atom stereocenters. The summed E-state index contributed by atoms with van der Waals surface area (Å²) in [5, 5.41) is 0. The largest absolute Gasteiger partial charge is 0.103 e. The Morgan fingerprint density at radius 3 is 0.969 bits per heavy atom. The van der Waals surface area contributed by atoms with Crippen LogP contribution in [0.3, 0.4) is 0 Å². The minimum Gasteiger partial charge on any atom is -0.103 e. The second-order valence-corrected chi connectivity index (χ2v) is 33.1. The molecule has 0 N–H and O–H groups in total. The van der Waals surface area contributed by atoms with E-state index in [1.165, 1.54) is 456 Å². The second kappa shape index (κ2) is 74.6. The molecule has 0 heterocycles. The monoisotopic (exact) mass is 1360 g/mol. The van der Waals surface area contributed by atoms with E-state index in [-0.39, 0.29) is 5.41 Å². The van der Waals surface area contributed by atoms with Crippen molar-refractivity contribution in [3.63, 3.8) is 0 Å². The number of allylic oxidation sites excluding steroid dienone is 10. The van der Waals surface area contributed by atoms with Crippen LogP contribution in [0.5, 0.6) is 0 Å². The third kappa shape index (κ3) is 56.4. The lowest BCUT2D eigenvalue weighted by Gasteiger charge is -2.52. The fourth-order valence-corrected chi connectivity index (χ4v) is 17.4. The van der Waals surface area contributed by atoms with Crippen LogP contribution in [0.2, 0.25) is 0 Å². The first-order valence-corrected chi connectivity index (χ1v) is 45.1. The minimum absolute atomic E-state index is 0.275. The van der Waals surface area contributed by atoms with Gasteiger partial charge in [0.2, 0.25) is 0 Å². The van der Waals surface area contributed by atoms with Gasteiger partial charge in [-0.25, -0.2) is 0 Å². The Morgan fingerprint density at radius 2 is 0.602 bits per heavy atom. The van der Waals surface area contributed by atoms with Crippen molar-refractivity contribution in [1.82, 2.24) is 0 Å². The minimum atomic E-state index is 0.275. The van der Waals surface area contributed by atoms with Crippen LogP contribution in [-0.2, 0) is 0 Å². The molecule has 0 aliphatic carbocycles. The maximum atomic E-state index is 5.17. The van der Waals surface area contributed by atoms with E-state index in [0.717, 1.165) is 11.8 Å². The summed E-state index contributed by atoms with van der Waals surface area (Å²) < 4.78 is 0. The van der Waals surface area contributed by atoms with Gasteiger partial charge in [0.15, 0.2) is 0 Å². The van der Waals surface area contributed by atoms with Crippen molar-refractivity contribution in [2.75, 3.05) is 0 Å². The summed E-state index contributed by atoms with van der Waals surface area (Å²) in [6, 6.07) is 0. The van der Waals surface area contributed by atoms with E-state index < -0.39 is 0 Å². The van der Waals surface area contributed by atoms with E-state index >= 15 is 0 Å². The lowest BCUT2D eigenvalue weighted by Crippen LogP contribution is -2.42. The first-order chi connectivity index (χ1) is 48.1. The number of unbranched alkanes of at least 4 members (excludes halogenated alkanes) is 51. The fraction of sp³-hybridized carbons (Fsp3) is 0.837. The van der Waals surface area contributed by atoms with E-state index in [1.54, 1.807) is 11.1 Å². The third-order valence-electron chi connectivity index (χ3n) is 24.2. The van der Waals surface area contributed by atoms with Crippen LogP contribution in [0.15, 0.2) is 98.7 Å². The number of rotatable bonds is 83. The molecule has 0 spiro atoms. The van der Waals surface area contributed by atoms with Gasteiger partial charge in [0.05, 0.1) is 0 Å². The average Bonchev–Trinajstić information content (AvgIpc) is 0.760. The highest BCUT2D eigenvalue weighted by Gasteiger charge is 2.47. The lowest BCUT2D eigenvalue weighted by molar-refractivity contribution is 0.0361. The summed E-state index contributed by atoms with van der Waals surface area (Å²) in [6.07, 6.45) is 113. The third-order valence-corrected chi connectivity index (χ3v) is 24.2. The Labute approximate surface area is 621 Å². The zero-order valence-electron chi connectivity index (χ0n) is 68.7. The van der Waals surface area contributed by atoms with Crippen molar-refractivity contribution < 1.29 is 0 Å². The molecule has 0 saturated heterocycles. The van der Waals surface area contributed by atoms with Crippen molar-refractivity contribution in [2.45, 2.75) is 497 Å². The van der Waals surface area contributed by atoms with Gasteiger partial charge in [0, 0.05) is 0 Å². The Hall–Kier alpha value is -2.08. The van der Waals surface area contributed by atoms with Crippen molar-refractivity contribution in [2.24, 2.45) is 28.6 Å². The molecule has 0 aliphatic heterocycles. The maximum Gasteiger partial charge on any atom is -0.00345 e. The standard InChI is InChI=1S/C98H182/c1-13-20-26-32-37-42-46-48-51-56-61-69-79-90-98(89-78-68-60-55-49-44-39-34-28-22-15-3,97(12,87-76-66-58-53-45-40-35-29-23-16-4)88-77-67-59-54-50-47-43-38-33-27-21-14-2)94(11)92(9)82-74-75-83-93(10)96(86-73-63-57-52-41-36-30-24-17-5)95(84-71-62-31-25-18-6)85-72-65-64-70-81-91(8)80-19-7/h14-17,19,32,37,91,95-96H,2-5,7,10,13,18,20-31,33-36,38-90H2,1,6,8-9,11-12H3. The SMILES string of the molecule is C=CCCCCCCCCCCCCC(C)(CCCCCCCCCCC=C)C(CCCCCCCCCC=CCCCC)(CCCCCCCCCCCC=C)C(C)=C(C)CCCCC(=C)C(CCCCCCCCCC=C)C(CCCCCCC)CCCCCCC(C)CC=C. The molecular formula is C98H182. The van der Waals surface area contributed by atoms with E-state index in [4.69, 9.17) is 6.58 Å². The summed E-state index contributed by atoms with van der Waals surface area (Å²) in [6.45, 7) is 40.6. The van der Waals surface area contributed by atoms with E-state index in [1.807, 2.05) is 5.57 Å². The molecule has 0 saturated carbocycles. The van der Waals surface area contributed by atoms with Crippen LogP contribution in [0.1, 0.15) is 497 Å². The zero-order chi connectivity index (χ0) is 71.6. The van der Waals surface area contributed by atoms with Crippen LogP contribution < -0.4 is 0 Å². The first kappa shape index (κ1) is 95.9. The average molecular weight is 1360 g/mol. The van der Waals surface area contributed by atoms with E-state index in [9.17, 15) is 0 Å². The Kier molecular flexibility index (Phi) is 73.0. The predicted molar refractivity (Wildman–Crippen MR) is 453 cm³/mol. The summed E-state index contributed by atoms with van der Waals surface area (Å²) in [5.74, 6) is 2.30. The highest BCUT2D eigenvalue weighted by molar-refractivity contribution is 5.24. The second-order valence-electron chi connectivity index (χ2n) is 33.1. The van der Waals surface area contributed by atoms with Crippen molar-refractivity contribution in [3.05, 3.63) is 98.7 Å². The van der Waals surface area contributed by atoms with Crippen LogP contribution >= 0.6 is 0 Å². The van der Waals surface area contributed by atoms with Gasteiger partial charge in [-0.1, -0.05) is 402 Å². The molecular weight excluding hydrogens is 1180 g/mol. The predicted octanol–water partition coefficient (Wildman–Crippen LogP) is 36.0. The normalized spacial score (nSPS) is 14.3. The lowest BCUT2D eigenvalue weighted by atomic mass is 9.52. The molecule has 0 aromatic carbocycles. The molecule has 98 heavy (non-hydrogen) atoms. The molecule has 574 valence electrons. The van der Waals surface area contributed by atoms with Gasteiger partial charge in [0.25, 0.3) is 0 Å². The Balaban J connectivity index is 7.25. The molecule has 5 atom stereocenters. The quantitative estimate of drug-likeness (QED) is 0.0421. The fourth-order valence-electron chi connectivity index (χ4n) is 17.4. The van der Waals surface area contributed by atoms with Gasteiger partial charge in [-0.05, 0) is 190 Å². The molecule has 0 aromatic heterocycles. The van der Waals surface area contributed by atoms with Gasteiger partial charge in [0.1, 0.15) is 0 Å². The summed E-state index contributed by atoms with van der Waals surface area (Å²) in [4.78, 5) is 0. The molecule has 0 amide bonds. The highest BCUT2D eigenvalue weighted by Crippen LogP contribution is 2.58. The first-order valence-electron chi connectivity index (χ1n) is 45.1. The van der Waals surface area contributed by atoms with Gasteiger partial charge in [-0.3, -0.25) is 0 Å². The maximum absolute atomic E-state index is 5.17. The van der Waals surface area contributed by atoms with Crippen molar-refractivity contribution in [3.8, 4) is 0 Å². The molecule has 0 rings (SSSR count). The molecule has 0 aliphatic rings. The molecule has 0 radical (unpaired) electrons. The Bertz CT molecular complexity index is 1780. The van der Waals surface area contributed by atoms with Crippen molar-refractivity contribution in [1.29, 1.82) is 0 Å². The smallest absolute Gasteiger partial charge is 0.00345 e. The topological polar surface area (TPSA) is 0 Å². The van der Waals surface area contributed by atoms with Gasteiger partial charge in [-0.2, -0.15) is 0 Å². The number of hydrogen-bond acceptors (Lipinski definition) is 0. The summed E-state index contributed by atoms with van der Waals surface area (Å²) >= 11 is 0. The van der Waals surface area contributed by atoms with E-state index in [2.05, 4.69) is 117 Å². The number of hydrogen-bond donors (Lipinski definition) is 0. The molecule has 0 aromatic rings. The molecule has 0 fully saturated rings. The Morgan fingerprint density at radius 1 is 0.306 bits per heavy atom. The summed E-state index contributed by atoms with van der Waals surface area (Å²) in [7, 11) is 0. The van der Waals surface area contributed by atoms with Gasteiger partial charge < -0.3 is 0 Å². The van der Waals surface area contributed by atoms with Crippen LogP contribution in [0.25, 0.3) is 0 Å². The van der Waals surface area contributed by atoms with Crippen LogP contribution in [0.4, 0.5) is 0 Å². The highest BCUT2D eigenvalue weighted by atomic mass is 14.5. The van der Waals surface area contributed by atoms with E-state index in [0.29, 0.717) is 11.3 Å². The molecule has 0 bridgehead atoms. The summed E-state index contributed by atoms with van der Waals surface area (Å²) in [5.41, 5.74) is 5.90. The van der Waals surface area contributed by atoms with Gasteiger partial charge >= 0.3 is 0 Å². The van der Waals surface area contributed by atoms with Crippen molar-refractivity contribution >= 4 is 0 Å². The van der Waals surface area contributed by atoms with Crippen LogP contribution in [0, 0.1) is 28.6 Å².